The molecule has 2 aliphatic carbocycles. The normalized spacial score (nSPS) is 20.2. The van der Waals surface area contributed by atoms with Crippen LogP contribution < -0.4 is 0 Å². The van der Waals surface area contributed by atoms with Gasteiger partial charge >= 0.3 is 0 Å². The van der Waals surface area contributed by atoms with Crippen LogP contribution in [0.3, 0.4) is 0 Å². The van der Waals surface area contributed by atoms with Crippen LogP contribution in [0.5, 0.6) is 0 Å². The van der Waals surface area contributed by atoms with Gasteiger partial charge < -0.3 is 9.47 Å². The van der Waals surface area contributed by atoms with Crippen molar-refractivity contribution in [2.45, 2.75) is 77.4 Å². The molecular formula is C25H36O2. The van der Waals surface area contributed by atoms with Gasteiger partial charge in [0.25, 0.3) is 0 Å². The fourth-order valence-electron chi connectivity index (χ4n) is 3.98. The van der Waals surface area contributed by atoms with Gasteiger partial charge in [0.05, 0.1) is 13.2 Å². The van der Waals surface area contributed by atoms with Crippen LogP contribution in [-0.2, 0) is 9.47 Å². The monoisotopic (exact) mass is 368 g/mol. The van der Waals surface area contributed by atoms with Crippen LogP contribution in [0.2, 0.25) is 0 Å². The molecule has 0 spiro atoms. The Morgan fingerprint density at radius 1 is 0.704 bits per heavy atom. The van der Waals surface area contributed by atoms with E-state index < -0.39 is 0 Å². The third kappa shape index (κ3) is 6.62. The molecule has 3 rings (SSSR count). The maximum atomic E-state index is 6.03. The van der Waals surface area contributed by atoms with Gasteiger partial charge in [0.2, 0.25) is 0 Å². The molecule has 0 aromatic rings. The van der Waals surface area contributed by atoms with E-state index in [0.717, 1.165) is 18.8 Å². The van der Waals surface area contributed by atoms with E-state index in [1.54, 1.807) is 0 Å². The lowest BCUT2D eigenvalue weighted by Gasteiger charge is -2.29. The van der Waals surface area contributed by atoms with E-state index in [4.69, 9.17) is 9.47 Å². The first kappa shape index (κ1) is 20.4. The summed E-state index contributed by atoms with van der Waals surface area (Å²) in [4.78, 5) is 0. The molecule has 0 aromatic carbocycles. The van der Waals surface area contributed by atoms with Crippen molar-refractivity contribution in [1.29, 1.82) is 0 Å². The van der Waals surface area contributed by atoms with Gasteiger partial charge in [0, 0.05) is 11.5 Å². The summed E-state index contributed by atoms with van der Waals surface area (Å²) in [6, 6.07) is 15.0. The van der Waals surface area contributed by atoms with Crippen LogP contribution in [0.15, 0.2) is 42.5 Å². The summed E-state index contributed by atoms with van der Waals surface area (Å²) >= 11 is 0. The van der Waals surface area contributed by atoms with Crippen molar-refractivity contribution in [3.05, 3.63) is 48.0 Å². The molecule has 2 nitrogen and oxygen atoms in total. The first-order chi connectivity index (χ1) is 13.4. The van der Waals surface area contributed by atoms with E-state index >= 15 is 0 Å². The molecule has 0 atom stereocenters. The van der Waals surface area contributed by atoms with E-state index in [1.807, 2.05) is 0 Å². The maximum absolute atomic E-state index is 6.03. The van der Waals surface area contributed by atoms with Gasteiger partial charge in [0.1, 0.15) is 0 Å². The Morgan fingerprint density at radius 2 is 1.26 bits per heavy atom. The summed E-state index contributed by atoms with van der Waals surface area (Å²) in [5, 5.41) is 0. The van der Waals surface area contributed by atoms with Crippen molar-refractivity contribution in [2.75, 3.05) is 13.2 Å². The number of fused-ring (bicyclic) bond motifs is 1. The van der Waals surface area contributed by atoms with E-state index in [2.05, 4.69) is 49.4 Å². The Morgan fingerprint density at radius 3 is 1.85 bits per heavy atom. The van der Waals surface area contributed by atoms with Gasteiger partial charge in [-0.2, -0.15) is 0 Å². The topological polar surface area (TPSA) is 18.5 Å². The minimum atomic E-state index is -0.208. The van der Waals surface area contributed by atoms with Gasteiger partial charge in [-0.1, -0.05) is 107 Å². The van der Waals surface area contributed by atoms with Crippen LogP contribution in [0.1, 0.15) is 83.0 Å². The second-order valence-corrected chi connectivity index (χ2v) is 8.08. The van der Waals surface area contributed by atoms with Crippen molar-refractivity contribution in [3.8, 4) is 11.1 Å². The first-order valence-corrected chi connectivity index (χ1v) is 11.1. The van der Waals surface area contributed by atoms with Crippen LogP contribution in [0.25, 0.3) is 11.1 Å². The summed E-state index contributed by atoms with van der Waals surface area (Å²) in [6.07, 6.45) is 13.5. The molecular weight excluding hydrogens is 332 g/mol. The zero-order valence-electron chi connectivity index (χ0n) is 17.0. The Kier molecular flexibility index (Phi) is 8.64. The molecule has 0 unspecified atom stereocenters. The van der Waals surface area contributed by atoms with Crippen molar-refractivity contribution in [1.82, 2.24) is 0 Å². The van der Waals surface area contributed by atoms with E-state index in [0.29, 0.717) is 5.92 Å². The van der Waals surface area contributed by atoms with Crippen LogP contribution in [0.4, 0.5) is 0 Å². The predicted molar refractivity (Wildman–Crippen MR) is 113 cm³/mol. The second-order valence-electron chi connectivity index (χ2n) is 8.08. The molecule has 0 bridgehead atoms. The lowest BCUT2D eigenvalue weighted by Crippen LogP contribution is -2.26. The summed E-state index contributed by atoms with van der Waals surface area (Å²) in [6.45, 7) is 3.93. The Bertz CT molecular complexity index is 585. The Balaban J connectivity index is 1.29. The lowest BCUT2D eigenvalue weighted by atomic mass is 10.0. The highest BCUT2D eigenvalue weighted by atomic mass is 16.7. The zero-order valence-corrected chi connectivity index (χ0v) is 17.0. The molecule has 1 fully saturated rings. The van der Waals surface area contributed by atoms with Crippen LogP contribution in [-0.4, -0.2) is 13.2 Å². The lowest BCUT2D eigenvalue weighted by molar-refractivity contribution is -0.206. The quantitative estimate of drug-likeness (QED) is 0.385. The average Bonchev–Trinajstić information content (AvgIpc) is 3.06. The minimum absolute atomic E-state index is 0.208. The molecule has 3 aliphatic rings. The predicted octanol–water partition coefficient (Wildman–Crippen LogP) is 7.37. The summed E-state index contributed by atoms with van der Waals surface area (Å²) in [5.74, 6) is 0.560. The molecule has 0 aromatic heterocycles. The van der Waals surface area contributed by atoms with Gasteiger partial charge in [-0.05, 0) is 17.5 Å². The van der Waals surface area contributed by atoms with Crippen LogP contribution in [0, 0.1) is 5.92 Å². The van der Waals surface area contributed by atoms with E-state index in [9.17, 15) is 0 Å². The highest BCUT2D eigenvalue weighted by Crippen LogP contribution is 2.29. The highest BCUT2D eigenvalue weighted by molar-refractivity contribution is 5.65. The van der Waals surface area contributed by atoms with Gasteiger partial charge in [-0.15, -0.1) is 0 Å². The smallest absolute Gasteiger partial charge is 0.183 e. The van der Waals surface area contributed by atoms with Crippen molar-refractivity contribution in [2.24, 2.45) is 5.92 Å². The van der Waals surface area contributed by atoms with Gasteiger partial charge in [-0.3, -0.25) is 0 Å². The molecule has 1 aliphatic heterocycles. The van der Waals surface area contributed by atoms with E-state index in [-0.39, 0.29) is 6.29 Å². The number of ether oxygens (including phenoxy) is 2. The maximum Gasteiger partial charge on any atom is 0.183 e. The fourth-order valence-corrected chi connectivity index (χ4v) is 3.98. The average molecular weight is 369 g/mol. The molecule has 1 saturated heterocycles. The molecule has 1 heterocycles. The summed E-state index contributed by atoms with van der Waals surface area (Å²) in [7, 11) is 0. The van der Waals surface area contributed by atoms with Gasteiger partial charge in [0.15, 0.2) is 6.29 Å². The molecule has 27 heavy (non-hydrogen) atoms. The van der Waals surface area contributed by atoms with E-state index in [1.165, 1.54) is 75.3 Å². The number of unbranched alkanes of at least 4 members (excludes halogenated alkanes) is 8. The third-order valence-electron chi connectivity index (χ3n) is 5.75. The fraction of sp³-hybridized carbons (Fsp3) is 0.600. The Labute approximate surface area is 165 Å². The SMILES string of the molecule is CCCCCCCCCCCC1COC(c2ccc3cccc-3cc2)OC1. The van der Waals surface area contributed by atoms with Crippen molar-refractivity contribution in [3.63, 3.8) is 0 Å². The van der Waals surface area contributed by atoms with Crippen molar-refractivity contribution >= 4 is 0 Å². The van der Waals surface area contributed by atoms with Gasteiger partial charge in [-0.25, -0.2) is 0 Å². The highest BCUT2D eigenvalue weighted by Gasteiger charge is 2.23. The number of hydrogen-bond acceptors (Lipinski definition) is 2. The third-order valence-corrected chi connectivity index (χ3v) is 5.75. The number of rotatable bonds is 11. The molecule has 0 N–H and O–H groups in total. The molecule has 0 amide bonds. The molecule has 0 radical (unpaired) electrons. The summed E-state index contributed by atoms with van der Waals surface area (Å²) in [5.41, 5.74) is 3.65. The Hall–Kier alpha value is -1.38. The standard InChI is InChI=1S/C25H36O2/c1-2-3-4-5-6-7-8-9-10-12-21-19-26-25(27-20-21)24-17-15-22-13-11-14-23(22)16-18-24/h11,13-18,21,25H,2-10,12,19-20H2,1H3. The van der Waals surface area contributed by atoms with Crippen molar-refractivity contribution < 1.29 is 9.47 Å². The molecule has 2 heteroatoms. The second kappa shape index (κ2) is 11.5. The molecule has 148 valence electrons. The zero-order chi connectivity index (χ0) is 18.7. The number of hydrogen-bond donors (Lipinski definition) is 0. The largest absolute Gasteiger partial charge is 0.348 e. The van der Waals surface area contributed by atoms with Crippen LogP contribution >= 0.6 is 0 Å². The minimum Gasteiger partial charge on any atom is -0.348 e. The first-order valence-electron chi connectivity index (χ1n) is 11.1. The summed E-state index contributed by atoms with van der Waals surface area (Å²) < 4.78 is 12.1. The molecule has 0 saturated carbocycles.